The summed E-state index contributed by atoms with van der Waals surface area (Å²) in [6, 6.07) is 1.62. The largest absolute Gasteiger partial charge is 0.480 e. The van der Waals surface area contributed by atoms with E-state index in [0.29, 0.717) is 12.8 Å². The first-order valence-electron chi connectivity index (χ1n) is 4.66. The summed E-state index contributed by atoms with van der Waals surface area (Å²) in [5.74, 6) is 1.42. The maximum Gasteiger partial charge on any atom is 0.329 e. The second kappa shape index (κ2) is 4.56. The van der Waals surface area contributed by atoms with Crippen LogP contribution in [0.25, 0.3) is 0 Å². The van der Waals surface area contributed by atoms with E-state index in [2.05, 4.69) is 15.9 Å². The van der Waals surface area contributed by atoms with Gasteiger partial charge in [-0.05, 0) is 12.5 Å². The van der Waals surface area contributed by atoms with Crippen molar-refractivity contribution in [3.05, 3.63) is 24.3 Å². The Morgan fingerprint density at radius 2 is 2.20 bits per heavy atom. The van der Waals surface area contributed by atoms with Crippen molar-refractivity contribution in [3.8, 4) is 12.3 Å². The van der Waals surface area contributed by atoms with Crippen LogP contribution < -0.4 is 0 Å². The van der Waals surface area contributed by atoms with E-state index in [9.17, 15) is 9.90 Å². The summed E-state index contributed by atoms with van der Waals surface area (Å²) in [4.78, 5) is 19.1. The molecule has 0 aliphatic carbocycles. The first-order valence-corrected chi connectivity index (χ1v) is 4.66. The molecule has 0 aromatic carbocycles. The van der Waals surface area contributed by atoms with E-state index in [0.717, 1.165) is 0 Å². The summed E-state index contributed by atoms with van der Waals surface area (Å²) in [5.41, 5.74) is -1.39. The summed E-state index contributed by atoms with van der Waals surface area (Å²) in [5, 5.41) is 9.19. The van der Waals surface area contributed by atoms with Gasteiger partial charge in [-0.25, -0.2) is 9.97 Å². The molecule has 0 aliphatic rings. The lowest BCUT2D eigenvalue weighted by Crippen LogP contribution is -2.36. The van der Waals surface area contributed by atoms with E-state index in [1.54, 1.807) is 6.07 Å². The van der Waals surface area contributed by atoms with Gasteiger partial charge in [-0.3, -0.25) is 4.79 Å². The average molecular weight is 204 g/mol. The Kier molecular flexibility index (Phi) is 3.40. The molecule has 1 rings (SSSR count). The van der Waals surface area contributed by atoms with E-state index in [1.807, 2.05) is 6.92 Å². The summed E-state index contributed by atoms with van der Waals surface area (Å²) in [6.07, 6.45) is 9.30. The topological polar surface area (TPSA) is 63.1 Å². The zero-order chi connectivity index (χ0) is 11.3. The fourth-order valence-electron chi connectivity index (χ4n) is 1.41. The highest BCUT2D eigenvalue weighted by molar-refractivity contribution is 5.84. The third-order valence-corrected chi connectivity index (χ3v) is 2.18. The van der Waals surface area contributed by atoms with E-state index in [1.165, 1.54) is 12.4 Å². The third-order valence-electron chi connectivity index (χ3n) is 2.18. The van der Waals surface area contributed by atoms with E-state index in [4.69, 9.17) is 6.42 Å². The molecule has 78 valence electrons. The average Bonchev–Trinajstić information content (AvgIpc) is 2.26. The van der Waals surface area contributed by atoms with Crippen LogP contribution in [0.5, 0.6) is 0 Å². The molecule has 0 spiro atoms. The number of carbonyl (C=O) groups is 1. The highest BCUT2D eigenvalue weighted by atomic mass is 16.4. The Hall–Kier alpha value is -1.89. The Bertz CT molecular complexity index is 383. The van der Waals surface area contributed by atoms with Crippen LogP contribution in [-0.2, 0) is 10.2 Å². The number of aliphatic carboxylic acids is 1. The van der Waals surface area contributed by atoms with Crippen molar-refractivity contribution in [2.75, 3.05) is 0 Å². The molecule has 0 bridgehead atoms. The Morgan fingerprint density at radius 3 is 2.60 bits per heavy atom. The molecule has 1 aromatic rings. The summed E-state index contributed by atoms with van der Waals surface area (Å²) >= 11 is 0. The van der Waals surface area contributed by atoms with Gasteiger partial charge in [-0.15, -0.1) is 6.42 Å². The van der Waals surface area contributed by atoms with Crippen LogP contribution in [0, 0.1) is 12.3 Å². The molecule has 0 fully saturated rings. The van der Waals surface area contributed by atoms with Crippen LogP contribution in [0.4, 0.5) is 0 Å². The lowest BCUT2D eigenvalue weighted by atomic mass is 9.83. The molecule has 0 aliphatic heterocycles. The van der Waals surface area contributed by atoms with E-state index in [-0.39, 0.29) is 5.82 Å². The predicted octanol–water partition coefficient (Wildman–Crippen LogP) is 1.23. The van der Waals surface area contributed by atoms with Crippen LogP contribution in [0.2, 0.25) is 0 Å². The van der Waals surface area contributed by atoms with Gasteiger partial charge in [0.2, 0.25) is 0 Å². The number of terminal acetylenes is 1. The Balaban J connectivity index is 3.23. The summed E-state index contributed by atoms with van der Waals surface area (Å²) in [7, 11) is 0. The molecule has 15 heavy (non-hydrogen) atoms. The first-order chi connectivity index (χ1) is 7.17. The number of nitrogens with zero attached hydrogens (tertiary/aromatic N) is 2. The van der Waals surface area contributed by atoms with Crippen LogP contribution in [0.1, 0.15) is 25.6 Å². The lowest BCUT2D eigenvalue weighted by Gasteiger charge is -2.20. The van der Waals surface area contributed by atoms with Gasteiger partial charge in [0.25, 0.3) is 0 Å². The summed E-state index contributed by atoms with van der Waals surface area (Å²) < 4.78 is 0. The van der Waals surface area contributed by atoms with Crippen LogP contribution in [0.3, 0.4) is 0 Å². The molecule has 1 unspecified atom stereocenters. The van der Waals surface area contributed by atoms with Crippen molar-refractivity contribution < 1.29 is 9.90 Å². The zero-order valence-electron chi connectivity index (χ0n) is 8.47. The number of hydrogen-bond donors (Lipinski definition) is 1. The van der Waals surface area contributed by atoms with Gasteiger partial charge >= 0.3 is 5.97 Å². The zero-order valence-corrected chi connectivity index (χ0v) is 8.47. The van der Waals surface area contributed by atoms with Crippen molar-refractivity contribution in [2.45, 2.75) is 25.2 Å². The molecular weight excluding hydrogens is 192 g/mol. The second-order valence-corrected chi connectivity index (χ2v) is 3.18. The normalized spacial score (nSPS) is 13.9. The molecular formula is C11H12N2O2. The SMILES string of the molecule is C#CC(CCC)(C(=O)O)c1ncccn1. The second-order valence-electron chi connectivity index (χ2n) is 3.18. The molecule has 0 saturated heterocycles. The lowest BCUT2D eigenvalue weighted by molar-refractivity contribution is -0.142. The highest BCUT2D eigenvalue weighted by Gasteiger charge is 2.40. The van der Waals surface area contributed by atoms with E-state index >= 15 is 0 Å². The number of carboxylic acid groups (broad SMARTS) is 1. The minimum atomic E-state index is -1.39. The predicted molar refractivity (Wildman–Crippen MR) is 55.1 cm³/mol. The molecule has 4 heteroatoms. The minimum Gasteiger partial charge on any atom is -0.480 e. The first kappa shape index (κ1) is 11.2. The Morgan fingerprint density at radius 1 is 1.60 bits per heavy atom. The van der Waals surface area contributed by atoms with Gasteiger partial charge in [0.15, 0.2) is 11.2 Å². The molecule has 1 N–H and O–H groups in total. The highest BCUT2D eigenvalue weighted by Crippen LogP contribution is 2.25. The number of aromatic nitrogens is 2. The minimum absolute atomic E-state index is 0.182. The van der Waals surface area contributed by atoms with Gasteiger partial charge in [0, 0.05) is 12.4 Å². The van der Waals surface area contributed by atoms with Crippen molar-refractivity contribution in [1.82, 2.24) is 9.97 Å². The quantitative estimate of drug-likeness (QED) is 0.749. The maximum absolute atomic E-state index is 11.2. The molecule has 4 nitrogen and oxygen atoms in total. The fraction of sp³-hybridized carbons (Fsp3) is 0.364. The number of hydrogen-bond acceptors (Lipinski definition) is 3. The van der Waals surface area contributed by atoms with E-state index < -0.39 is 11.4 Å². The van der Waals surface area contributed by atoms with Crippen LogP contribution in [0.15, 0.2) is 18.5 Å². The van der Waals surface area contributed by atoms with Crippen molar-refractivity contribution in [2.24, 2.45) is 0 Å². The molecule has 1 aromatic heterocycles. The fourth-order valence-corrected chi connectivity index (χ4v) is 1.41. The van der Waals surface area contributed by atoms with Gasteiger partial charge in [-0.1, -0.05) is 19.3 Å². The van der Waals surface area contributed by atoms with Gasteiger partial charge < -0.3 is 5.11 Å². The summed E-state index contributed by atoms with van der Waals surface area (Å²) in [6.45, 7) is 1.87. The standard InChI is InChI=1S/C11H12N2O2/c1-3-6-11(4-2,10(14)15)9-12-7-5-8-13-9/h2,5,7-8H,3,6H2,1H3,(H,14,15). The molecule has 1 atom stereocenters. The maximum atomic E-state index is 11.2. The van der Waals surface area contributed by atoms with Crippen molar-refractivity contribution in [3.63, 3.8) is 0 Å². The Labute approximate surface area is 88.4 Å². The van der Waals surface area contributed by atoms with Gasteiger partial charge in [0.1, 0.15) is 0 Å². The van der Waals surface area contributed by atoms with Crippen molar-refractivity contribution >= 4 is 5.97 Å². The molecule has 1 heterocycles. The smallest absolute Gasteiger partial charge is 0.329 e. The number of carboxylic acids is 1. The molecule has 0 saturated carbocycles. The number of rotatable bonds is 4. The third kappa shape index (κ3) is 1.96. The van der Waals surface area contributed by atoms with Crippen LogP contribution in [-0.4, -0.2) is 21.0 Å². The van der Waals surface area contributed by atoms with Crippen molar-refractivity contribution in [1.29, 1.82) is 0 Å². The van der Waals surface area contributed by atoms with Crippen LogP contribution >= 0.6 is 0 Å². The molecule has 0 amide bonds. The monoisotopic (exact) mass is 204 g/mol. The van der Waals surface area contributed by atoms with Gasteiger partial charge in [-0.2, -0.15) is 0 Å². The van der Waals surface area contributed by atoms with Gasteiger partial charge in [0.05, 0.1) is 0 Å². The molecule has 0 radical (unpaired) electrons.